The monoisotopic (exact) mass is 251 g/mol. The number of hydrogen-bond acceptors (Lipinski definition) is 3. The van der Waals surface area contributed by atoms with E-state index in [0.29, 0.717) is 10.8 Å². The van der Waals surface area contributed by atoms with Crippen molar-refractivity contribution >= 4 is 17.4 Å². The average Bonchev–Trinajstić information content (AvgIpc) is 2.74. The van der Waals surface area contributed by atoms with Crippen molar-refractivity contribution in [1.29, 1.82) is 0 Å². The van der Waals surface area contributed by atoms with Crippen molar-refractivity contribution in [3.8, 4) is 17.0 Å². The van der Waals surface area contributed by atoms with Crippen LogP contribution < -0.4 is 10.5 Å². The number of nitrogens with two attached hydrogens (primary N) is 1. The highest BCUT2D eigenvalue weighted by atomic mass is 35.5. The molecule has 3 N–H and O–H groups in total. The summed E-state index contributed by atoms with van der Waals surface area (Å²) in [6.45, 7) is 2.04. The van der Waals surface area contributed by atoms with E-state index in [1.807, 2.05) is 19.1 Å². The average molecular weight is 252 g/mol. The molecule has 2 rings (SSSR count). The molecule has 0 radical (unpaired) electrons. The summed E-state index contributed by atoms with van der Waals surface area (Å²) < 4.78 is 5.34. The number of nitrogens with zero attached hydrogens (tertiary/aromatic N) is 1. The normalized spacial score (nSPS) is 10.5. The molecule has 0 aliphatic rings. The molecule has 0 amide bonds. The van der Waals surface area contributed by atoms with E-state index in [1.54, 1.807) is 13.2 Å². The Morgan fingerprint density at radius 3 is 2.71 bits per heavy atom. The summed E-state index contributed by atoms with van der Waals surface area (Å²) in [7, 11) is 1.63. The molecule has 17 heavy (non-hydrogen) atoms. The summed E-state index contributed by atoms with van der Waals surface area (Å²) in [6, 6.07) is 5.57. The zero-order valence-corrected chi connectivity index (χ0v) is 10.5. The third-order valence-corrected chi connectivity index (χ3v) is 2.97. The van der Waals surface area contributed by atoms with Crippen LogP contribution in [0.25, 0.3) is 11.3 Å². The summed E-state index contributed by atoms with van der Waals surface area (Å²) in [5, 5.41) is 7.43. The number of halogens is 1. The van der Waals surface area contributed by atoms with Gasteiger partial charge in [-0.25, -0.2) is 0 Å². The van der Waals surface area contributed by atoms with E-state index in [0.717, 1.165) is 29.0 Å². The fraction of sp³-hybridized carbons (Fsp3) is 0.250. The highest BCUT2D eigenvalue weighted by Gasteiger charge is 2.11. The van der Waals surface area contributed by atoms with Crippen molar-refractivity contribution in [1.82, 2.24) is 10.2 Å². The topological polar surface area (TPSA) is 63.9 Å². The van der Waals surface area contributed by atoms with Gasteiger partial charge in [0.1, 0.15) is 11.6 Å². The summed E-state index contributed by atoms with van der Waals surface area (Å²) in [5.74, 6) is 1.23. The number of rotatable bonds is 3. The van der Waals surface area contributed by atoms with Crippen LogP contribution in [0.15, 0.2) is 18.2 Å². The van der Waals surface area contributed by atoms with Crippen LogP contribution in [-0.2, 0) is 6.42 Å². The van der Waals surface area contributed by atoms with Gasteiger partial charge in [-0.2, -0.15) is 5.10 Å². The van der Waals surface area contributed by atoms with Gasteiger partial charge in [0.25, 0.3) is 0 Å². The minimum absolute atomic E-state index is 0.453. The smallest absolute Gasteiger partial charge is 0.145 e. The van der Waals surface area contributed by atoms with E-state index < -0.39 is 0 Å². The lowest BCUT2D eigenvalue weighted by Crippen LogP contribution is -1.93. The van der Waals surface area contributed by atoms with Gasteiger partial charge < -0.3 is 10.5 Å². The maximum Gasteiger partial charge on any atom is 0.145 e. The van der Waals surface area contributed by atoms with Crippen molar-refractivity contribution in [2.45, 2.75) is 13.3 Å². The van der Waals surface area contributed by atoms with Gasteiger partial charge in [-0.05, 0) is 18.6 Å². The zero-order valence-electron chi connectivity index (χ0n) is 9.75. The standard InChI is InChI=1S/C12H14ClN3O/c1-3-8-9(13)4-7(5-11(8)17-2)10-6-12(14)16-15-10/h4-6H,3H2,1-2H3,(H3,14,15,16). The van der Waals surface area contributed by atoms with E-state index in [-0.39, 0.29) is 0 Å². The molecule has 2 aromatic rings. The Morgan fingerprint density at radius 1 is 1.41 bits per heavy atom. The number of H-pyrrole nitrogens is 1. The van der Waals surface area contributed by atoms with Crippen LogP contribution in [0.4, 0.5) is 5.82 Å². The van der Waals surface area contributed by atoms with Crippen LogP contribution in [-0.4, -0.2) is 17.3 Å². The largest absolute Gasteiger partial charge is 0.496 e. The first-order valence-electron chi connectivity index (χ1n) is 5.33. The Morgan fingerprint density at radius 2 is 2.18 bits per heavy atom. The molecule has 90 valence electrons. The summed E-state index contributed by atoms with van der Waals surface area (Å²) >= 11 is 6.22. The molecule has 0 fully saturated rings. The lowest BCUT2D eigenvalue weighted by Gasteiger charge is -2.10. The summed E-state index contributed by atoms with van der Waals surface area (Å²) in [6.07, 6.45) is 0.827. The highest BCUT2D eigenvalue weighted by molar-refractivity contribution is 6.31. The Bertz CT molecular complexity index is 537. The van der Waals surface area contributed by atoms with E-state index in [4.69, 9.17) is 22.1 Å². The Balaban J connectivity index is 2.53. The highest BCUT2D eigenvalue weighted by Crippen LogP contribution is 2.33. The molecule has 0 saturated carbocycles. The molecule has 1 heterocycles. The number of hydrogen-bond donors (Lipinski definition) is 2. The molecule has 1 aromatic heterocycles. The number of benzene rings is 1. The van der Waals surface area contributed by atoms with Gasteiger partial charge in [0.2, 0.25) is 0 Å². The molecule has 0 atom stereocenters. The molecule has 0 unspecified atom stereocenters. The van der Waals surface area contributed by atoms with Gasteiger partial charge in [-0.3, -0.25) is 5.10 Å². The molecule has 0 bridgehead atoms. The first-order chi connectivity index (χ1) is 8.15. The predicted molar refractivity (Wildman–Crippen MR) is 69.4 cm³/mol. The van der Waals surface area contributed by atoms with E-state index in [9.17, 15) is 0 Å². The maximum atomic E-state index is 6.22. The van der Waals surface area contributed by atoms with Crippen molar-refractivity contribution in [2.75, 3.05) is 12.8 Å². The Labute approximate surface area is 105 Å². The third kappa shape index (κ3) is 2.22. The second-order valence-electron chi connectivity index (χ2n) is 3.70. The molecule has 0 aliphatic carbocycles. The second-order valence-corrected chi connectivity index (χ2v) is 4.11. The zero-order chi connectivity index (χ0) is 12.4. The molecule has 0 saturated heterocycles. The molecule has 4 nitrogen and oxygen atoms in total. The number of aromatic nitrogens is 2. The van der Waals surface area contributed by atoms with Gasteiger partial charge in [0.05, 0.1) is 12.8 Å². The molecular formula is C12H14ClN3O. The fourth-order valence-electron chi connectivity index (χ4n) is 1.78. The summed E-state index contributed by atoms with van der Waals surface area (Å²) in [5.41, 5.74) is 8.31. The van der Waals surface area contributed by atoms with Crippen molar-refractivity contribution in [3.05, 3.63) is 28.8 Å². The van der Waals surface area contributed by atoms with Gasteiger partial charge in [0, 0.05) is 22.2 Å². The van der Waals surface area contributed by atoms with Gasteiger partial charge in [0.15, 0.2) is 0 Å². The molecule has 0 aliphatic heterocycles. The Kier molecular flexibility index (Phi) is 3.24. The van der Waals surface area contributed by atoms with Crippen molar-refractivity contribution in [2.24, 2.45) is 0 Å². The minimum atomic E-state index is 0.453. The number of nitrogens with one attached hydrogen (secondary N) is 1. The molecule has 0 spiro atoms. The number of aromatic amines is 1. The van der Waals surface area contributed by atoms with Crippen LogP contribution >= 0.6 is 11.6 Å². The number of nitrogen functional groups attached to an aromatic ring is 1. The van der Waals surface area contributed by atoms with Crippen molar-refractivity contribution in [3.63, 3.8) is 0 Å². The van der Waals surface area contributed by atoms with E-state index in [1.165, 1.54) is 0 Å². The lowest BCUT2D eigenvalue weighted by atomic mass is 10.1. The number of methoxy groups -OCH3 is 1. The number of ether oxygens (including phenoxy) is 1. The second kappa shape index (κ2) is 4.67. The van der Waals surface area contributed by atoms with Crippen LogP contribution in [0.1, 0.15) is 12.5 Å². The van der Waals surface area contributed by atoms with Crippen LogP contribution in [0.3, 0.4) is 0 Å². The molecule has 5 heteroatoms. The third-order valence-electron chi connectivity index (χ3n) is 2.64. The molecular weight excluding hydrogens is 238 g/mol. The van der Waals surface area contributed by atoms with Gasteiger partial charge in [-0.1, -0.05) is 18.5 Å². The van der Waals surface area contributed by atoms with E-state index >= 15 is 0 Å². The van der Waals surface area contributed by atoms with Crippen LogP contribution in [0.2, 0.25) is 5.02 Å². The minimum Gasteiger partial charge on any atom is -0.496 e. The van der Waals surface area contributed by atoms with E-state index in [2.05, 4.69) is 10.2 Å². The van der Waals surface area contributed by atoms with Crippen LogP contribution in [0, 0.1) is 0 Å². The predicted octanol–water partition coefficient (Wildman–Crippen LogP) is 2.88. The first kappa shape index (κ1) is 11.8. The molecule has 1 aromatic carbocycles. The summed E-state index contributed by atoms with van der Waals surface area (Å²) in [4.78, 5) is 0. The SMILES string of the molecule is CCc1c(Cl)cc(-c2cc(N)n[nH]2)cc1OC. The number of anilines is 1. The Hall–Kier alpha value is -1.68. The maximum absolute atomic E-state index is 6.22. The fourth-order valence-corrected chi connectivity index (χ4v) is 2.12. The van der Waals surface area contributed by atoms with Gasteiger partial charge in [-0.15, -0.1) is 0 Å². The quantitative estimate of drug-likeness (QED) is 0.882. The van der Waals surface area contributed by atoms with Crippen molar-refractivity contribution < 1.29 is 4.74 Å². The lowest BCUT2D eigenvalue weighted by molar-refractivity contribution is 0.410. The first-order valence-corrected chi connectivity index (χ1v) is 5.71. The van der Waals surface area contributed by atoms with Crippen LogP contribution in [0.5, 0.6) is 5.75 Å². The van der Waals surface area contributed by atoms with Gasteiger partial charge >= 0.3 is 0 Å².